The third-order valence-electron chi connectivity index (χ3n) is 6.73. The fourth-order valence-corrected chi connectivity index (χ4v) is 5.88. The van der Waals surface area contributed by atoms with Gasteiger partial charge in [-0.05, 0) is 55.5 Å². The van der Waals surface area contributed by atoms with E-state index in [0.29, 0.717) is 18.8 Å². The molecule has 2 N–H and O–H groups in total. The van der Waals surface area contributed by atoms with Gasteiger partial charge in [0.05, 0.1) is 23.5 Å². The fraction of sp³-hybridized carbons (Fsp3) is 0.259. The number of carbonyl (C=O) groups is 1. The van der Waals surface area contributed by atoms with Crippen LogP contribution >= 0.6 is 0 Å². The number of anilines is 2. The van der Waals surface area contributed by atoms with Gasteiger partial charge in [0.25, 0.3) is 15.9 Å². The molecule has 1 amide bonds. The Labute approximate surface area is 225 Å². The van der Waals surface area contributed by atoms with Gasteiger partial charge in [-0.25, -0.2) is 9.37 Å². The molecule has 1 aliphatic rings. The van der Waals surface area contributed by atoms with Gasteiger partial charge in [-0.3, -0.25) is 14.5 Å². The van der Waals surface area contributed by atoms with Crippen LogP contribution in [0, 0.1) is 12.7 Å². The van der Waals surface area contributed by atoms with E-state index in [1.165, 1.54) is 30.7 Å². The molecule has 0 unspecified atom stereocenters. The Morgan fingerprint density at radius 2 is 1.87 bits per heavy atom. The number of sulfonamides is 1. The lowest BCUT2D eigenvalue weighted by atomic mass is 9.89. The third-order valence-corrected chi connectivity index (χ3v) is 8.13. The van der Waals surface area contributed by atoms with Crippen LogP contribution in [0.4, 0.5) is 15.9 Å². The van der Waals surface area contributed by atoms with Crippen molar-refractivity contribution < 1.29 is 22.1 Å². The molecule has 39 heavy (non-hydrogen) atoms. The monoisotopic (exact) mass is 550 g/mol. The highest BCUT2D eigenvalue weighted by Gasteiger charge is 2.30. The zero-order chi connectivity index (χ0) is 27.4. The van der Waals surface area contributed by atoms with Gasteiger partial charge >= 0.3 is 0 Å². The minimum Gasteiger partial charge on any atom is -0.378 e. The highest BCUT2D eigenvalue weighted by atomic mass is 32.2. The van der Waals surface area contributed by atoms with Crippen LogP contribution in [0.25, 0.3) is 0 Å². The SMILES string of the molecule is Cc1c(S(=O)(=O)Nc2ccon2)ncc(C(=O)N2CCC(c3ccc(F)cc3)CC2)c1NCc1ccccn1. The summed E-state index contributed by atoms with van der Waals surface area (Å²) < 4.78 is 46.6. The maximum Gasteiger partial charge on any atom is 0.280 e. The van der Waals surface area contributed by atoms with Gasteiger partial charge in [0.15, 0.2) is 10.8 Å². The van der Waals surface area contributed by atoms with E-state index in [0.717, 1.165) is 24.1 Å². The highest BCUT2D eigenvalue weighted by Crippen LogP contribution is 2.32. The van der Waals surface area contributed by atoms with Crippen LogP contribution in [0.15, 0.2) is 76.7 Å². The number of nitrogens with one attached hydrogen (secondary N) is 2. The normalized spacial score (nSPS) is 14.3. The molecule has 0 spiro atoms. The molecule has 3 aromatic heterocycles. The van der Waals surface area contributed by atoms with Crippen LogP contribution in [-0.2, 0) is 16.6 Å². The van der Waals surface area contributed by atoms with Crippen LogP contribution in [0.5, 0.6) is 0 Å². The molecule has 10 nitrogen and oxygen atoms in total. The van der Waals surface area contributed by atoms with E-state index in [1.807, 2.05) is 12.1 Å². The quantitative estimate of drug-likeness (QED) is 0.331. The van der Waals surface area contributed by atoms with Gasteiger partial charge in [0, 0.05) is 37.1 Å². The molecular weight excluding hydrogens is 523 g/mol. The topological polar surface area (TPSA) is 130 Å². The first-order chi connectivity index (χ1) is 18.8. The van der Waals surface area contributed by atoms with Crippen LogP contribution in [0.3, 0.4) is 0 Å². The van der Waals surface area contributed by atoms with Crippen LogP contribution < -0.4 is 10.0 Å². The largest absolute Gasteiger partial charge is 0.378 e. The Hall–Kier alpha value is -4.32. The number of piperidine rings is 1. The molecule has 0 atom stereocenters. The van der Waals surface area contributed by atoms with Gasteiger partial charge in [-0.1, -0.05) is 23.4 Å². The lowest BCUT2D eigenvalue weighted by molar-refractivity contribution is 0.0713. The van der Waals surface area contributed by atoms with Crippen molar-refractivity contribution in [2.45, 2.75) is 37.3 Å². The Morgan fingerprint density at radius 3 is 2.54 bits per heavy atom. The van der Waals surface area contributed by atoms with E-state index in [2.05, 4.69) is 25.2 Å². The average molecular weight is 551 g/mol. The number of pyridine rings is 2. The van der Waals surface area contributed by atoms with Crippen molar-refractivity contribution in [1.29, 1.82) is 0 Å². The zero-order valence-corrected chi connectivity index (χ0v) is 22.0. The predicted octanol–water partition coefficient (Wildman–Crippen LogP) is 4.34. The summed E-state index contributed by atoms with van der Waals surface area (Å²) in [7, 11) is -4.12. The summed E-state index contributed by atoms with van der Waals surface area (Å²) in [4.78, 5) is 23.9. The number of hydrogen-bond acceptors (Lipinski definition) is 8. The number of halogens is 1. The zero-order valence-electron chi connectivity index (χ0n) is 21.2. The van der Waals surface area contributed by atoms with Crippen LogP contribution in [0.2, 0.25) is 0 Å². The van der Waals surface area contributed by atoms with E-state index in [-0.39, 0.29) is 46.2 Å². The molecule has 5 rings (SSSR count). The lowest BCUT2D eigenvalue weighted by Crippen LogP contribution is -2.38. The van der Waals surface area contributed by atoms with Crippen molar-refractivity contribution in [2.24, 2.45) is 0 Å². The Kier molecular flexibility index (Phi) is 7.55. The summed E-state index contributed by atoms with van der Waals surface area (Å²) in [6, 6.07) is 13.3. The maximum absolute atomic E-state index is 13.7. The van der Waals surface area contributed by atoms with Crippen molar-refractivity contribution in [1.82, 2.24) is 20.0 Å². The first kappa shape index (κ1) is 26.3. The van der Waals surface area contributed by atoms with Gasteiger partial charge in [-0.15, -0.1) is 0 Å². The summed E-state index contributed by atoms with van der Waals surface area (Å²) in [6.45, 7) is 2.89. The van der Waals surface area contributed by atoms with E-state index in [4.69, 9.17) is 4.52 Å². The van der Waals surface area contributed by atoms with E-state index >= 15 is 0 Å². The summed E-state index contributed by atoms with van der Waals surface area (Å²) in [5.74, 6) is -0.281. The number of amides is 1. The van der Waals surface area contributed by atoms with Crippen molar-refractivity contribution in [2.75, 3.05) is 23.1 Å². The Bertz CT molecular complexity index is 1540. The third kappa shape index (κ3) is 5.90. The predicted molar refractivity (Wildman–Crippen MR) is 142 cm³/mol. The maximum atomic E-state index is 13.7. The standard InChI is InChI=1S/C27H27FN6O4S/c1-18-25(30-16-22-4-2-3-12-29-22)23(17-31-26(18)39(36,37)33-24-11-15-38-32-24)27(35)34-13-9-20(10-14-34)19-5-7-21(28)8-6-19/h2-8,11-12,15,17,20H,9-10,13-14,16H2,1H3,(H,30,31)(H,32,33). The summed E-state index contributed by atoms with van der Waals surface area (Å²) in [5.41, 5.74) is 2.69. The molecule has 1 fully saturated rings. The van der Waals surface area contributed by atoms with Gasteiger partial charge in [-0.2, -0.15) is 8.42 Å². The summed E-state index contributed by atoms with van der Waals surface area (Å²) >= 11 is 0. The molecule has 0 saturated carbocycles. The van der Waals surface area contributed by atoms with Crippen LogP contribution in [0.1, 0.15) is 45.9 Å². The second-order valence-electron chi connectivity index (χ2n) is 9.26. The van der Waals surface area contributed by atoms with Crippen molar-refractivity contribution in [3.8, 4) is 0 Å². The van der Waals surface area contributed by atoms with E-state index in [1.54, 1.807) is 36.2 Å². The number of nitrogens with zero attached hydrogens (tertiary/aromatic N) is 4. The molecule has 4 heterocycles. The molecule has 1 aromatic carbocycles. The van der Waals surface area contributed by atoms with Crippen molar-refractivity contribution in [3.63, 3.8) is 0 Å². The second-order valence-corrected chi connectivity index (χ2v) is 10.9. The smallest absolute Gasteiger partial charge is 0.280 e. The molecule has 0 aliphatic carbocycles. The molecule has 1 saturated heterocycles. The first-order valence-corrected chi connectivity index (χ1v) is 13.9. The van der Waals surface area contributed by atoms with Gasteiger partial charge in [0.2, 0.25) is 0 Å². The summed E-state index contributed by atoms with van der Waals surface area (Å²) in [5, 5.41) is 6.58. The molecular formula is C27H27FN6O4S. The first-order valence-electron chi connectivity index (χ1n) is 12.4. The highest BCUT2D eigenvalue weighted by molar-refractivity contribution is 7.92. The average Bonchev–Trinajstić information content (AvgIpc) is 3.45. The minimum absolute atomic E-state index is 0.0170. The van der Waals surface area contributed by atoms with Crippen LogP contribution in [-0.4, -0.2) is 47.4 Å². The molecule has 1 aliphatic heterocycles. The Morgan fingerprint density at radius 1 is 1.10 bits per heavy atom. The second kappa shape index (κ2) is 11.2. The van der Waals surface area contributed by atoms with Gasteiger partial charge in [0.1, 0.15) is 12.1 Å². The molecule has 0 radical (unpaired) electrons. The fourth-order valence-electron chi connectivity index (χ4n) is 4.71. The molecule has 0 bridgehead atoms. The van der Waals surface area contributed by atoms with Crippen molar-refractivity contribution in [3.05, 3.63) is 95.4 Å². The van der Waals surface area contributed by atoms with E-state index < -0.39 is 10.0 Å². The number of likely N-dealkylation sites (tertiary alicyclic amines) is 1. The minimum atomic E-state index is -4.12. The summed E-state index contributed by atoms with van der Waals surface area (Å²) in [6.07, 6.45) is 5.66. The molecule has 202 valence electrons. The number of benzene rings is 1. The number of hydrogen-bond donors (Lipinski definition) is 2. The number of rotatable bonds is 8. The van der Waals surface area contributed by atoms with Crippen molar-refractivity contribution >= 4 is 27.4 Å². The lowest BCUT2D eigenvalue weighted by Gasteiger charge is -2.33. The molecule has 4 aromatic rings. The van der Waals surface area contributed by atoms with Gasteiger partial charge < -0.3 is 14.7 Å². The number of aromatic nitrogens is 3. The van der Waals surface area contributed by atoms with E-state index in [9.17, 15) is 17.6 Å². The molecule has 12 heteroatoms. The Balaban J connectivity index is 1.41. The number of carbonyl (C=O) groups excluding carboxylic acids is 1.